The average Bonchev–Trinajstić information content (AvgIpc) is 2.48. The van der Waals surface area contributed by atoms with Crippen molar-refractivity contribution in [2.75, 3.05) is 19.0 Å². The van der Waals surface area contributed by atoms with E-state index in [-0.39, 0.29) is 0 Å². The van der Waals surface area contributed by atoms with E-state index in [1.807, 2.05) is 39.1 Å². The van der Waals surface area contributed by atoms with Crippen LogP contribution in [0, 0.1) is 6.92 Å². The maximum absolute atomic E-state index is 5.56. The summed E-state index contributed by atoms with van der Waals surface area (Å²) in [5.74, 6) is 2.59. The van der Waals surface area contributed by atoms with E-state index in [0.29, 0.717) is 6.61 Å². The molecule has 0 spiro atoms. The highest BCUT2D eigenvalue weighted by atomic mass is 16.5. The summed E-state index contributed by atoms with van der Waals surface area (Å²) in [7, 11) is 1.88. The molecule has 0 amide bonds. The van der Waals surface area contributed by atoms with Gasteiger partial charge >= 0.3 is 0 Å². The maximum atomic E-state index is 5.56. The molecule has 0 aliphatic heterocycles. The van der Waals surface area contributed by atoms with Gasteiger partial charge in [0.25, 0.3) is 0 Å². The first kappa shape index (κ1) is 14.3. The smallest absolute Gasteiger partial charge is 0.132 e. The molecule has 20 heavy (non-hydrogen) atoms. The van der Waals surface area contributed by atoms with Crippen LogP contribution in [0.1, 0.15) is 25.2 Å². The fourth-order valence-electron chi connectivity index (χ4n) is 2.15. The molecule has 1 heterocycles. The number of hydrogen-bond donors (Lipinski definition) is 1. The lowest BCUT2D eigenvalue weighted by Crippen LogP contribution is -2.04. The van der Waals surface area contributed by atoms with Crippen molar-refractivity contribution < 1.29 is 4.74 Å². The molecular formula is C16H21N3O. The van der Waals surface area contributed by atoms with E-state index in [0.717, 1.165) is 40.6 Å². The third-order valence-electron chi connectivity index (χ3n) is 3.16. The number of rotatable bonds is 5. The molecule has 0 saturated carbocycles. The minimum Gasteiger partial charge on any atom is -0.494 e. The number of nitrogens with zero attached hydrogens (tertiary/aromatic N) is 2. The molecule has 1 aromatic heterocycles. The molecule has 0 unspecified atom stereocenters. The number of hydrogen-bond acceptors (Lipinski definition) is 4. The third kappa shape index (κ3) is 2.90. The summed E-state index contributed by atoms with van der Waals surface area (Å²) in [6.07, 6.45) is 0.813. The molecule has 1 N–H and O–H groups in total. The van der Waals surface area contributed by atoms with Gasteiger partial charge in [0.1, 0.15) is 17.4 Å². The average molecular weight is 271 g/mol. The van der Waals surface area contributed by atoms with E-state index < -0.39 is 0 Å². The van der Waals surface area contributed by atoms with Gasteiger partial charge in [0.2, 0.25) is 0 Å². The Morgan fingerprint density at radius 2 is 2.00 bits per heavy atom. The van der Waals surface area contributed by atoms with Gasteiger partial charge in [0, 0.05) is 24.6 Å². The van der Waals surface area contributed by atoms with E-state index >= 15 is 0 Å². The molecule has 0 aliphatic rings. The van der Waals surface area contributed by atoms with Crippen LogP contribution in [-0.2, 0) is 6.42 Å². The van der Waals surface area contributed by atoms with Gasteiger partial charge in [0.15, 0.2) is 0 Å². The van der Waals surface area contributed by atoms with Gasteiger partial charge in [-0.25, -0.2) is 9.97 Å². The van der Waals surface area contributed by atoms with Crippen LogP contribution >= 0.6 is 0 Å². The van der Waals surface area contributed by atoms with Crippen LogP contribution in [0.25, 0.3) is 11.3 Å². The lowest BCUT2D eigenvalue weighted by Gasteiger charge is -2.12. The zero-order valence-electron chi connectivity index (χ0n) is 12.5. The van der Waals surface area contributed by atoms with Crippen LogP contribution in [0.2, 0.25) is 0 Å². The molecule has 0 radical (unpaired) electrons. The summed E-state index contributed by atoms with van der Waals surface area (Å²) in [6.45, 7) is 6.74. The highest BCUT2D eigenvalue weighted by Crippen LogP contribution is 2.28. The summed E-state index contributed by atoms with van der Waals surface area (Å²) < 4.78 is 5.56. The van der Waals surface area contributed by atoms with Crippen molar-refractivity contribution in [2.45, 2.75) is 27.2 Å². The van der Waals surface area contributed by atoms with E-state index in [4.69, 9.17) is 4.74 Å². The van der Waals surface area contributed by atoms with Gasteiger partial charge in [-0.2, -0.15) is 0 Å². The first-order valence-electron chi connectivity index (χ1n) is 6.98. The Hall–Kier alpha value is -2.10. The van der Waals surface area contributed by atoms with Gasteiger partial charge in [0.05, 0.1) is 12.3 Å². The van der Waals surface area contributed by atoms with Crippen LogP contribution in [0.5, 0.6) is 5.75 Å². The highest BCUT2D eigenvalue weighted by molar-refractivity contribution is 5.69. The zero-order valence-corrected chi connectivity index (χ0v) is 12.5. The molecule has 4 nitrogen and oxygen atoms in total. The van der Waals surface area contributed by atoms with Crippen LogP contribution in [0.4, 0.5) is 5.82 Å². The van der Waals surface area contributed by atoms with Gasteiger partial charge in [-0.15, -0.1) is 0 Å². The predicted molar refractivity (Wildman–Crippen MR) is 82.3 cm³/mol. The molecule has 0 atom stereocenters. The van der Waals surface area contributed by atoms with Gasteiger partial charge in [-0.3, -0.25) is 0 Å². The number of ether oxygens (including phenoxy) is 1. The molecule has 4 heteroatoms. The fourth-order valence-corrected chi connectivity index (χ4v) is 2.15. The molecule has 0 aliphatic carbocycles. The number of benzene rings is 1. The van der Waals surface area contributed by atoms with Crippen molar-refractivity contribution in [1.29, 1.82) is 0 Å². The Morgan fingerprint density at radius 1 is 1.20 bits per heavy atom. The van der Waals surface area contributed by atoms with E-state index in [9.17, 15) is 0 Å². The molecule has 0 fully saturated rings. The van der Waals surface area contributed by atoms with Crippen molar-refractivity contribution in [1.82, 2.24) is 9.97 Å². The van der Waals surface area contributed by atoms with Gasteiger partial charge < -0.3 is 10.1 Å². The number of aromatic nitrogens is 2. The number of aryl methyl sites for hydroxylation is 1. The van der Waals surface area contributed by atoms with E-state index in [2.05, 4.69) is 28.3 Å². The minimum absolute atomic E-state index is 0.661. The summed E-state index contributed by atoms with van der Waals surface area (Å²) in [4.78, 5) is 9.16. The van der Waals surface area contributed by atoms with Crippen LogP contribution < -0.4 is 10.1 Å². The summed E-state index contributed by atoms with van der Waals surface area (Å²) in [6, 6.07) is 8.03. The molecule has 2 rings (SSSR count). The van der Waals surface area contributed by atoms with E-state index in [1.165, 1.54) is 0 Å². The molecule has 0 saturated heterocycles. The highest BCUT2D eigenvalue weighted by Gasteiger charge is 2.11. The van der Waals surface area contributed by atoms with Crippen molar-refractivity contribution in [3.05, 3.63) is 35.7 Å². The normalized spacial score (nSPS) is 10.4. The van der Waals surface area contributed by atoms with Gasteiger partial charge in [-0.05, 0) is 26.0 Å². The minimum atomic E-state index is 0.661. The van der Waals surface area contributed by atoms with Crippen LogP contribution in [0.15, 0.2) is 24.3 Å². The second-order valence-electron chi connectivity index (χ2n) is 4.53. The van der Waals surface area contributed by atoms with Crippen LogP contribution in [0.3, 0.4) is 0 Å². The van der Waals surface area contributed by atoms with Crippen molar-refractivity contribution in [3.63, 3.8) is 0 Å². The predicted octanol–water partition coefficient (Wildman–Crippen LogP) is 3.45. The molecule has 2 aromatic rings. The SMILES string of the molecule is CCOc1cccc(-c2nc(CC)nc(NC)c2C)c1. The van der Waals surface area contributed by atoms with Crippen LogP contribution in [-0.4, -0.2) is 23.6 Å². The molecule has 0 bridgehead atoms. The third-order valence-corrected chi connectivity index (χ3v) is 3.16. The number of nitrogens with one attached hydrogen (secondary N) is 1. The molecular weight excluding hydrogens is 250 g/mol. The Kier molecular flexibility index (Phi) is 4.56. The molecule has 1 aromatic carbocycles. The Balaban J connectivity index is 2.53. The maximum Gasteiger partial charge on any atom is 0.132 e. The topological polar surface area (TPSA) is 47.0 Å². The van der Waals surface area contributed by atoms with Crippen molar-refractivity contribution in [2.24, 2.45) is 0 Å². The summed E-state index contributed by atoms with van der Waals surface area (Å²) in [5.41, 5.74) is 3.07. The fraction of sp³-hybridized carbons (Fsp3) is 0.375. The number of anilines is 1. The summed E-state index contributed by atoms with van der Waals surface area (Å²) in [5, 5.41) is 3.14. The lowest BCUT2D eigenvalue weighted by atomic mass is 10.1. The Bertz CT molecular complexity index is 596. The van der Waals surface area contributed by atoms with Crippen molar-refractivity contribution in [3.8, 4) is 17.0 Å². The monoisotopic (exact) mass is 271 g/mol. The van der Waals surface area contributed by atoms with Crippen molar-refractivity contribution >= 4 is 5.82 Å². The largest absolute Gasteiger partial charge is 0.494 e. The zero-order chi connectivity index (χ0) is 14.5. The Morgan fingerprint density at radius 3 is 2.65 bits per heavy atom. The second kappa shape index (κ2) is 6.37. The summed E-state index contributed by atoms with van der Waals surface area (Å²) >= 11 is 0. The quantitative estimate of drug-likeness (QED) is 0.904. The second-order valence-corrected chi connectivity index (χ2v) is 4.53. The lowest BCUT2D eigenvalue weighted by molar-refractivity contribution is 0.340. The standard InChI is InChI=1S/C16H21N3O/c1-5-14-18-15(11(3)16(17-4)19-14)12-8-7-9-13(10-12)20-6-2/h7-10H,5-6H2,1-4H3,(H,17,18,19). The van der Waals surface area contributed by atoms with Gasteiger partial charge in [-0.1, -0.05) is 19.1 Å². The first-order valence-corrected chi connectivity index (χ1v) is 6.98. The Labute approximate surface area is 120 Å². The molecule has 106 valence electrons. The van der Waals surface area contributed by atoms with E-state index in [1.54, 1.807) is 0 Å². The first-order chi connectivity index (χ1) is 9.69.